The van der Waals surface area contributed by atoms with E-state index in [4.69, 9.17) is 0 Å². The summed E-state index contributed by atoms with van der Waals surface area (Å²) in [5.41, 5.74) is 0.797. The molecular weight excluding hydrogens is 602 g/mol. The van der Waals surface area contributed by atoms with E-state index in [0.29, 0.717) is 32.4 Å². The van der Waals surface area contributed by atoms with Gasteiger partial charge in [0.25, 0.3) is 5.95 Å². The molecular formula is C31H36F6N6O2. The van der Waals surface area contributed by atoms with Crippen LogP contribution in [0, 0.1) is 5.41 Å². The minimum atomic E-state index is -4.98. The Kier molecular flexibility index (Phi) is 8.80. The summed E-state index contributed by atoms with van der Waals surface area (Å²) in [5, 5.41) is 21.8. The number of anilines is 2. The van der Waals surface area contributed by atoms with Gasteiger partial charge in [-0.3, -0.25) is 4.79 Å². The molecule has 0 amide bonds. The Morgan fingerprint density at radius 3 is 2.20 bits per heavy atom. The molecule has 1 unspecified atom stereocenters. The first-order valence-electron chi connectivity index (χ1n) is 14.9. The average Bonchev–Trinajstić information content (AvgIpc) is 3.53. The molecule has 3 aromatic rings. The van der Waals surface area contributed by atoms with Crippen molar-refractivity contribution in [2.75, 3.05) is 22.9 Å². The number of benzene rings is 2. The van der Waals surface area contributed by atoms with E-state index >= 15 is 0 Å². The number of carbonyl (C=O) groups is 1. The third kappa shape index (κ3) is 7.52. The summed E-state index contributed by atoms with van der Waals surface area (Å²) < 4.78 is 82.5. The van der Waals surface area contributed by atoms with Crippen molar-refractivity contribution in [2.45, 2.75) is 83.7 Å². The van der Waals surface area contributed by atoms with E-state index in [0.717, 1.165) is 48.2 Å². The van der Waals surface area contributed by atoms with Crippen LogP contribution in [0.4, 0.5) is 38.0 Å². The van der Waals surface area contributed by atoms with Crippen LogP contribution in [0.3, 0.4) is 0 Å². The number of aromatic nitrogens is 4. The second-order valence-corrected chi connectivity index (χ2v) is 12.8. The predicted molar refractivity (Wildman–Crippen MR) is 155 cm³/mol. The van der Waals surface area contributed by atoms with Crippen LogP contribution in [0.5, 0.6) is 0 Å². The second kappa shape index (κ2) is 12.2. The van der Waals surface area contributed by atoms with Crippen molar-refractivity contribution in [1.82, 2.24) is 20.2 Å². The third-order valence-electron chi connectivity index (χ3n) is 8.67. The average molecular weight is 639 g/mol. The third-order valence-corrected chi connectivity index (χ3v) is 8.67. The largest absolute Gasteiger partial charge is 0.481 e. The van der Waals surface area contributed by atoms with Gasteiger partial charge < -0.3 is 14.9 Å². The minimum absolute atomic E-state index is 0.0174. The maximum absolute atomic E-state index is 13.7. The van der Waals surface area contributed by atoms with E-state index in [1.165, 1.54) is 17.4 Å². The lowest BCUT2D eigenvalue weighted by atomic mass is 9.85. The summed E-state index contributed by atoms with van der Waals surface area (Å²) >= 11 is 0. The number of aryl methyl sites for hydroxylation is 3. The molecule has 244 valence electrons. The molecule has 0 saturated carbocycles. The molecule has 0 spiro atoms. The number of rotatable bonds is 9. The standard InChI is InChI=1S/C31H36F6N6O2/c1-29(2,17-27(44)45)9-11-42-10-5-8-25(24-14-20-6-4-7-21(20)15-26(24)42)43(28-38-40-41(3)39-28)18-19-12-22(30(32,33)34)16-23(13-19)31(35,36)37/h12-16,25H,4-11,17-18H2,1-3H3,(H,44,45). The van der Waals surface area contributed by atoms with Crippen molar-refractivity contribution >= 4 is 17.6 Å². The highest BCUT2D eigenvalue weighted by Gasteiger charge is 2.38. The molecule has 45 heavy (non-hydrogen) atoms. The van der Waals surface area contributed by atoms with Crippen molar-refractivity contribution in [2.24, 2.45) is 12.5 Å². The van der Waals surface area contributed by atoms with Gasteiger partial charge in [0.2, 0.25) is 0 Å². The molecule has 0 bridgehead atoms. The molecule has 2 aromatic carbocycles. The first-order valence-corrected chi connectivity index (χ1v) is 14.9. The monoisotopic (exact) mass is 638 g/mol. The van der Waals surface area contributed by atoms with Crippen molar-refractivity contribution in [3.8, 4) is 0 Å². The fraction of sp³-hybridized carbons (Fsp3) is 0.548. The molecule has 1 N–H and O–H groups in total. The van der Waals surface area contributed by atoms with Gasteiger partial charge in [-0.15, -0.1) is 5.10 Å². The zero-order chi connectivity index (χ0) is 32.7. The van der Waals surface area contributed by atoms with Crippen LogP contribution in [-0.4, -0.2) is 44.4 Å². The highest BCUT2D eigenvalue weighted by Crippen LogP contribution is 2.43. The Labute approximate surface area is 257 Å². The Bertz CT molecular complexity index is 1520. The fourth-order valence-electron chi connectivity index (χ4n) is 6.43. The zero-order valence-corrected chi connectivity index (χ0v) is 25.3. The summed E-state index contributed by atoms with van der Waals surface area (Å²) in [4.78, 5) is 16.5. The molecule has 0 fully saturated rings. The van der Waals surface area contributed by atoms with Crippen molar-refractivity contribution in [3.63, 3.8) is 0 Å². The number of hydrogen-bond acceptors (Lipinski definition) is 6. The second-order valence-electron chi connectivity index (χ2n) is 12.8. The first kappa shape index (κ1) is 32.6. The molecule has 0 saturated heterocycles. The lowest BCUT2D eigenvalue weighted by Gasteiger charge is -2.34. The first-order chi connectivity index (χ1) is 21.0. The summed E-state index contributed by atoms with van der Waals surface area (Å²) in [5.74, 6) is -0.777. The van der Waals surface area contributed by atoms with E-state index in [1.54, 1.807) is 4.90 Å². The number of tetrazole rings is 1. The number of hydrogen-bond donors (Lipinski definition) is 1. The summed E-state index contributed by atoms with van der Waals surface area (Å²) in [6.07, 6.45) is -5.37. The number of nitrogens with zero attached hydrogens (tertiary/aromatic N) is 6. The van der Waals surface area contributed by atoms with E-state index < -0.39 is 40.9 Å². The van der Waals surface area contributed by atoms with Gasteiger partial charge in [-0.25, -0.2) is 0 Å². The van der Waals surface area contributed by atoms with Crippen LogP contribution in [0.15, 0.2) is 30.3 Å². The topological polar surface area (TPSA) is 87.4 Å². The summed E-state index contributed by atoms with van der Waals surface area (Å²) in [6, 6.07) is 5.40. The van der Waals surface area contributed by atoms with Crippen molar-refractivity contribution in [3.05, 3.63) is 63.7 Å². The molecule has 1 atom stereocenters. The number of alkyl halides is 6. The number of aliphatic carboxylic acids is 1. The van der Waals surface area contributed by atoms with Crippen LogP contribution < -0.4 is 9.80 Å². The fourth-order valence-corrected chi connectivity index (χ4v) is 6.43. The van der Waals surface area contributed by atoms with Gasteiger partial charge in [0.1, 0.15) is 0 Å². The Morgan fingerprint density at radius 1 is 0.978 bits per heavy atom. The number of carboxylic acid groups (broad SMARTS) is 1. The van der Waals surface area contributed by atoms with E-state index in [2.05, 4.69) is 32.4 Å². The highest BCUT2D eigenvalue weighted by atomic mass is 19.4. The maximum Gasteiger partial charge on any atom is 0.416 e. The van der Waals surface area contributed by atoms with Gasteiger partial charge in [-0.1, -0.05) is 25.0 Å². The SMILES string of the molecule is Cn1nnc(N(Cc2cc(C(F)(F)F)cc(C(F)(F)F)c2)C2CCCN(CCC(C)(C)CC(=O)O)c3cc4c(cc32)CCC4)n1. The van der Waals surface area contributed by atoms with Gasteiger partial charge in [-0.05, 0) is 95.7 Å². The van der Waals surface area contributed by atoms with Crippen LogP contribution in [-0.2, 0) is 43.6 Å². The van der Waals surface area contributed by atoms with Gasteiger partial charge in [0.15, 0.2) is 0 Å². The molecule has 0 radical (unpaired) electrons. The quantitative estimate of drug-likeness (QED) is 0.253. The predicted octanol–water partition coefficient (Wildman–Crippen LogP) is 6.98. The Morgan fingerprint density at radius 2 is 1.62 bits per heavy atom. The molecule has 8 nitrogen and oxygen atoms in total. The molecule has 1 aliphatic carbocycles. The molecule has 1 aromatic heterocycles. The normalized spacial score (nSPS) is 17.2. The van der Waals surface area contributed by atoms with Crippen molar-refractivity contribution < 1.29 is 36.2 Å². The van der Waals surface area contributed by atoms with Crippen LogP contribution in [0.2, 0.25) is 0 Å². The van der Waals surface area contributed by atoms with E-state index in [-0.39, 0.29) is 30.5 Å². The van der Waals surface area contributed by atoms with Crippen LogP contribution in [0.25, 0.3) is 0 Å². The minimum Gasteiger partial charge on any atom is -0.481 e. The number of carboxylic acids is 1. The van der Waals surface area contributed by atoms with Gasteiger partial charge in [0, 0.05) is 25.3 Å². The highest BCUT2D eigenvalue weighted by molar-refractivity contribution is 5.67. The van der Waals surface area contributed by atoms with Crippen molar-refractivity contribution in [1.29, 1.82) is 0 Å². The van der Waals surface area contributed by atoms with Gasteiger partial charge in [-0.2, -0.15) is 31.1 Å². The smallest absolute Gasteiger partial charge is 0.416 e. The number of fused-ring (bicyclic) bond motifs is 2. The summed E-state index contributed by atoms with van der Waals surface area (Å²) in [7, 11) is 1.54. The summed E-state index contributed by atoms with van der Waals surface area (Å²) in [6.45, 7) is 4.75. The molecule has 14 heteroatoms. The van der Waals surface area contributed by atoms with Gasteiger partial charge >= 0.3 is 18.3 Å². The maximum atomic E-state index is 13.7. The van der Waals surface area contributed by atoms with Crippen LogP contribution in [0.1, 0.15) is 85.4 Å². The Hall–Kier alpha value is -3.84. The Balaban J connectivity index is 1.58. The molecule has 1 aliphatic heterocycles. The van der Waals surface area contributed by atoms with E-state index in [9.17, 15) is 36.2 Å². The van der Waals surface area contributed by atoms with E-state index in [1.807, 2.05) is 13.8 Å². The molecule has 5 rings (SSSR count). The van der Waals surface area contributed by atoms with Gasteiger partial charge in [0.05, 0.1) is 30.6 Å². The lowest BCUT2D eigenvalue weighted by molar-refractivity contribution is -0.143. The molecule has 2 heterocycles. The van der Waals surface area contributed by atoms with Crippen LogP contribution >= 0.6 is 0 Å². The number of halogens is 6. The zero-order valence-electron chi connectivity index (χ0n) is 25.3. The molecule has 2 aliphatic rings. The lowest BCUT2D eigenvalue weighted by Crippen LogP contribution is -2.31.